The monoisotopic (exact) mass is 555 g/mol. The number of rotatable bonds is 11. The molecule has 2 amide bonds. The summed E-state index contributed by atoms with van der Waals surface area (Å²) in [6, 6.07) is 22.5. The van der Waals surface area contributed by atoms with Crippen LogP contribution in [0.1, 0.15) is 30.5 Å². The van der Waals surface area contributed by atoms with Crippen LogP contribution in [-0.2, 0) is 32.6 Å². The molecule has 9 heteroatoms. The first-order valence-corrected chi connectivity index (χ1v) is 14.6. The van der Waals surface area contributed by atoms with Crippen molar-refractivity contribution in [2.75, 3.05) is 17.1 Å². The molecule has 0 spiro atoms. The van der Waals surface area contributed by atoms with Gasteiger partial charge in [-0.1, -0.05) is 83.9 Å². The smallest absolute Gasteiger partial charge is 0.244 e. The van der Waals surface area contributed by atoms with Crippen LogP contribution in [0.5, 0.6) is 0 Å². The predicted molar refractivity (Wildman–Crippen MR) is 153 cm³/mol. The van der Waals surface area contributed by atoms with Gasteiger partial charge in [-0.25, -0.2) is 8.42 Å². The first kappa shape index (κ1) is 29.2. The number of carbonyl (C=O) groups excluding carboxylic acids is 2. The highest BCUT2D eigenvalue weighted by Gasteiger charge is 2.33. The van der Waals surface area contributed by atoms with Gasteiger partial charge in [-0.2, -0.15) is 0 Å². The molecule has 3 aromatic carbocycles. The van der Waals surface area contributed by atoms with Crippen molar-refractivity contribution in [2.45, 2.75) is 45.8 Å². The fourth-order valence-electron chi connectivity index (χ4n) is 4.19. The van der Waals surface area contributed by atoms with Crippen LogP contribution < -0.4 is 9.62 Å². The fraction of sp³-hybridized carbons (Fsp3) is 0.310. The van der Waals surface area contributed by atoms with E-state index in [2.05, 4.69) is 5.32 Å². The summed E-state index contributed by atoms with van der Waals surface area (Å²) in [5.41, 5.74) is 2.92. The van der Waals surface area contributed by atoms with Gasteiger partial charge >= 0.3 is 0 Å². The largest absolute Gasteiger partial charge is 0.352 e. The molecule has 3 aromatic rings. The Morgan fingerprint density at radius 2 is 1.55 bits per heavy atom. The number of halogens is 1. The van der Waals surface area contributed by atoms with E-state index in [0.717, 1.165) is 27.3 Å². The molecular weight excluding hydrogens is 522 g/mol. The maximum atomic E-state index is 14.0. The minimum absolute atomic E-state index is 0.129. The van der Waals surface area contributed by atoms with E-state index in [0.29, 0.717) is 0 Å². The average Bonchev–Trinajstić information content (AvgIpc) is 2.84. The molecule has 0 aliphatic rings. The minimum Gasteiger partial charge on any atom is -0.352 e. The molecule has 0 aliphatic heterocycles. The number of para-hydroxylation sites is 1. The summed E-state index contributed by atoms with van der Waals surface area (Å²) in [6.07, 6.45) is 1.29. The van der Waals surface area contributed by atoms with Crippen LogP contribution in [0.15, 0.2) is 78.9 Å². The Kier molecular flexibility index (Phi) is 9.94. The number of hydrogen-bond acceptors (Lipinski definition) is 4. The zero-order chi connectivity index (χ0) is 27.9. The van der Waals surface area contributed by atoms with Crippen LogP contribution in [0.25, 0.3) is 0 Å². The van der Waals surface area contributed by atoms with Crippen LogP contribution in [0.3, 0.4) is 0 Å². The Balaban J connectivity index is 2.07. The second-order valence-electron chi connectivity index (χ2n) is 9.60. The molecule has 7 nitrogen and oxygen atoms in total. The van der Waals surface area contributed by atoms with Crippen molar-refractivity contribution in [1.29, 1.82) is 0 Å². The molecule has 0 bridgehead atoms. The molecule has 0 radical (unpaired) electrons. The van der Waals surface area contributed by atoms with E-state index in [1.807, 2.05) is 75.4 Å². The normalized spacial score (nSPS) is 12.2. The second-order valence-corrected chi connectivity index (χ2v) is 11.9. The lowest BCUT2D eigenvalue weighted by atomic mass is 10.0. The van der Waals surface area contributed by atoms with E-state index < -0.39 is 28.5 Å². The van der Waals surface area contributed by atoms with Crippen molar-refractivity contribution in [3.8, 4) is 0 Å². The lowest BCUT2D eigenvalue weighted by molar-refractivity contribution is -0.140. The van der Waals surface area contributed by atoms with Crippen molar-refractivity contribution in [1.82, 2.24) is 10.2 Å². The molecule has 38 heavy (non-hydrogen) atoms. The molecule has 0 aromatic heterocycles. The molecular formula is C29H34ClN3O4S. The van der Waals surface area contributed by atoms with Crippen LogP contribution >= 0.6 is 11.6 Å². The summed E-state index contributed by atoms with van der Waals surface area (Å²) < 4.78 is 26.6. The Hall–Kier alpha value is -3.36. The zero-order valence-corrected chi connectivity index (χ0v) is 23.7. The third-order valence-corrected chi connectivity index (χ3v) is 7.38. The highest BCUT2D eigenvalue weighted by atomic mass is 35.5. The van der Waals surface area contributed by atoms with E-state index in [1.54, 1.807) is 24.3 Å². The van der Waals surface area contributed by atoms with Crippen molar-refractivity contribution in [2.24, 2.45) is 0 Å². The fourth-order valence-corrected chi connectivity index (χ4v) is 5.34. The van der Waals surface area contributed by atoms with E-state index in [1.165, 1.54) is 4.90 Å². The van der Waals surface area contributed by atoms with Gasteiger partial charge < -0.3 is 10.2 Å². The summed E-state index contributed by atoms with van der Waals surface area (Å²) in [4.78, 5) is 29.0. The van der Waals surface area contributed by atoms with Crippen LogP contribution in [0, 0.1) is 6.92 Å². The van der Waals surface area contributed by atoms with Gasteiger partial charge in [0.1, 0.15) is 12.6 Å². The van der Waals surface area contributed by atoms with E-state index in [9.17, 15) is 18.0 Å². The molecule has 0 fully saturated rings. The predicted octanol–water partition coefficient (Wildman–Crippen LogP) is 4.58. The molecule has 1 N–H and O–H groups in total. The summed E-state index contributed by atoms with van der Waals surface area (Å²) in [7, 11) is -3.87. The van der Waals surface area contributed by atoms with Crippen LogP contribution in [0.4, 0.5) is 5.69 Å². The van der Waals surface area contributed by atoms with Gasteiger partial charge in [-0.3, -0.25) is 13.9 Å². The lowest BCUT2D eigenvalue weighted by Crippen LogP contribution is -2.54. The van der Waals surface area contributed by atoms with Gasteiger partial charge in [0.2, 0.25) is 21.8 Å². The number of anilines is 1. The molecule has 0 heterocycles. The van der Waals surface area contributed by atoms with Gasteiger partial charge in [0.15, 0.2) is 0 Å². The standard InChI is InChI=1S/C29H34ClN3O4S/c1-21(2)31-29(35)27(18-23-12-6-5-7-13-23)32(19-24-14-10-11-22(3)17-24)28(34)20-33(38(4,36)37)26-16-9-8-15-25(26)30/h5-17,21,27H,18-20H2,1-4H3,(H,31,35). The van der Waals surface area contributed by atoms with E-state index in [4.69, 9.17) is 11.6 Å². The molecule has 3 rings (SSSR count). The number of sulfonamides is 1. The number of nitrogens with zero attached hydrogens (tertiary/aromatic N) is 2. The number of aryl methyl sites for hydroxylation is 1. The van der Waals surface area contributed by atoms with Crippen molar-refractivity contribution >= 4 is 39.1 Å². The van der Waals surface area contributed by atoms with E-state index in [-0.39, 0.29) is 35.6 Å². The first-order chi connectivity index (χ1) is 18.0. The highest BCUT2D eigenvalue weighted by molar-refractivity contribution is 7.92. The number of hydrogen-bond donors (Lipinski definition) is 1. The first-order valence-electron chi connectivity index (χ1n) is 12.4. The Morgan fingerprint density at radius 3 is 2.16 bits per heavy atom. The topological polar surface area (TPSA) is 86.8 Å². The quantitative estimate of drug-likeness (QED) is 0.375. The zero-order valence-electron chi connectivity index (χ0n) is 22.1. The Labute approximate surface area is 230 Å². The Bertz CT molecular complexity index is 1360. The van der Waals surface area contributed by atoms with Crippen molar-refractivity contribution < 1.29 is 18.0 Å². The maximum Gasteiger partial charge on any atom is 0.244 e. The molecule has 0 aliphatic carbocycles. The third-order valence-electron chi connectivity index (χ3n) is 5.94. The molecule has 1 unspecified atom stereocenters. The number of amides is 2. The maximum absolute atomic E-state index is 14.0. The van der Waals surface area contributed by atoms with Crippen molar-refractivity contribution in [3.05, 3.63) is 101 Å². The number of benzene rings is 3. The van der Waals surface area contributed by atoms with Gasteiger partial charge in [0.05, 0.1) is 17.0 Å². The summed E-state index contributed by atoms with van der Waals surface area (Å²) in [6.45, 7) is 5.28. The van der Waals surface area contributed by atoms with Gasteiger partial charge in [0, 0.05) is 19.0 Å². The summed E-state index contributed by atoms with van der Waals surface area (Å²) in [5, 5.41) is 3.14. The van der Waals surface area contributed by atoms with Crippen molar-refractivity contribution in [3.63, 3.8) is 0 Å². The Morgan fingerprint density at radius 1 is 0.921 bits per heavy atom. The molecule has 0 saturated heterocycles. The number of carbonyl (C=O) groups is 2. The van der Waals surface area contributed by atoms with Gasteiger partial charge in [0.25, 0.3) is 0 Å². The average molecular weight is 556 g/mol. The third kappa shape index (κ3) is 8.07. The minimum atomic E-state index is -3.87. The molecule has 202 valence electrons. The van der Waals surface area contributed by atoms with Crippen LogP contribution in [-0.4, -0.2) is 50.0 Å². The second kappa shape index (κ2) is 12.9. The SMILES string of the molecule is Cc1cccc(CN(C(=O)CN(c2ccccc2Cl)S(C)(=O)=O)C(Cc2ccccc2)C(=O)NC(C)C)c1. The van der Waals surface area contributed by atoms with Gasteiger partial charge in [-0.05, 0) is 44.0 Å². The highest BCUT2D eigenvalue weighted by Crippen LogP contribution is 2.27. The lowest BCUT2D eigenvalue weighted by Gasteiger charge is -2.34. The van der Waals surface area contributed by atoms with E-state index >= 15 is 0 Å². The van der Waals surface area contributed by atoms with Crippen LogP contribution in [0.2, 0.25) is 5.02 Å². The summed E-state index contributed by atoms with van der Waals surface area (Å²) >= 11 is 6.32. The van der Waals surface area contributed by atoms with Gasteiger partial charge in [-0.15, -0.1) is 0 Å². The molecule has 0 saturated carbocycles. The summed E-state index contributed by atoms with van der Waals surface area (Å²) in [5.74, 6) is -0.829. The number of nitrogens with one attached hydrogen (secondary N) is 1. The molecule has 1 atom stereocenters.